The van der Waals surface area contributed by atoms with Crippen molar-refractivity contribution in [2.75, 3.05) is 7.11 Å². The van der Waals surface area contributed by atoms with Gasteiger partial charge >= 0.3 is 5.97 Å². The largest absolute Gasteiger partial charge is 0.465 e. The zero-order valence-corrected chi connectivity index (χ0v) is 9.55. The van der Waals surface area contributed by atoms with E-state index in [-0.39, 0.29) is 0 Å². The van der Waals surface area contributed by atoms with Gasteiger partial charge in [-0.1, -0.05) is 0 Å². The summed E-state index contributed by atoms with van der Waals surface area (Å²) in [7, 11) is 1.34. The van der Waals surface area contributed by atoms with Crippen LogP contribution in [-0.4, -0.2) is 21.8 Å². The maximum Gasteiger partial charge on any atom is 0.340 e. The number of aromatic nitrogens is 2. The molecular formula is C8H5BrN2O2S. The molecule has 14 heavy (non-hydrogen) atoms. The zero-order valence-electron chi connectivity index (χ0n) is 7.15. The predicted molar refractivity (Wildman–Crippen MR) is 56.5 cm³/mol. The van der Waals surface area contributed by atoms with Gasteiger partial charge in [0.15, 0.2) is 0 Å². The highest BCUT2D eigenvalue weighted by atomic mass is 79.9. The van der Waals surface area contributed by atoms with Crippen LogP contribution >= 0.6 is 27.7 Å². The number of benzene rings is 1. The van der Waals surface area contributed by atoms with E-state index in [2.05, 4.69) is 29.4 Å². The van der Waals surface area contributed by atoms with Crippen molar-refractivity contribution in [3.05, 3.63) is 22.2 Å². The standard InChI is InChI=1S/C8H5BrN2O2S/c1-13-8(12)4-2-3-5(9)7-6(4)10-14-11-7/h2-3H,1H3. The molecule has 0 N–H and O–H groups in total. The molecule has 0 aliphatic rings. The van der Waals surface area contributed by atoms with E-state index >= 15 is 0 Å². The topological polar surface area (TPSA) is 52.1 Å². The van der Waals surface area contributed by atoms with Crippen molar-refractivity contribution in [1.29, 1.82) is 0 Å². The molecule has 0 unspecified atom stereocenters. The second-order valence-electron chi connectivity index (χ2n) is 2.55. The highest BCUT2D eigenvalue weighted by molar-refractivity contribution is 9.10. The number of nitrogens with zero attached hydrogens (tertiary/aromatic N) is 2. The summed E-state index contributed by atoms with van der Waals surface area (Å²) >= 11 is 4.40. The molecule has 4 nitrogen and oxygen atoms in total. The lowest BCUT2D eigenvalue weighted by molar-refractivity contribution is 0.0603. The first-order valence-electron chi connectivity index (χ1n) is 3.73. The lowest BCUT2D eigenvalue weighted by atomic mass is 10.2. The Hall–Kier alpha value is -1.01. The van der Waals surface area contributed by atoms with E-state index in [1.165, 1.54) is 7.11 Å². The normalized spacial score (nSPS) is 10.4. The van der Waals surface area contributed by atoms with E-state index in [0.29, 0.717) is 16.6 Å². The lowest BCUT2D eigenvalue weighted by Gasteiger charge is -1.99. The summed E-state index contributed by atoms with van der Waals surface area (Å²) in [6.45, 7) is 0. The first-order chi connectivity index (χ1) is 6.74. The number of ether oxygens (including phenoxy) is 1. The van der Waals surface area contributed by atoms with Crippen LogP contribution in [0.2, 0.25) is 0 Å². The molecule has 1 aromatic heterocycles. The highest BCUT2D eigenvalue weighted by Gasteiger charge is 2.14. The monoisotopic (exact) mass is 272 g/mol. The lowest BCUT2D eigenvalue weighted by Crippen LogP contribution is -2.01. The third-order valence-electron chi connectivity index (χ3n) is 1.77. The van der Waals surface area contributed by atoms with Crippen molar-refractivity contribution in [2.45, 2.75) is 0 Å². The summed E-state index contributed by atoms with van der Waals surface area (Å²) in [5.41, 5.74) is 1.72. The fraction of sp³-hybridized carbons (Fsp3) is 0.125. The van der Waals surface area contributed by atoms with Crippen LogP contribution in [0.4, 0.5) is 0 Å². The van der Waals surface area contributed by atoms with Gasteiger partial charge in [0, 0.05) is 4.47 Å². The van der Waals surface area contributed by atoms with Crippen LogP contribution in [0.25, 0.3) is 11.0 Å². The maximum absolute atomic E-state index is 11.3. The van der Waals surface area contributed by atoms with Gasteiger partial charge in [-0.05, 0) is 28.1 Å². The van der Waals surface area contributed by atoms with Crippen LogP contribution in [0.1, 0.15) is 10.4 Å². The molecule has 0 saturated heterocycles. The number of hydrogen-bond acceptors (Lipinski definition) is 5. The third kappa shape index (κ3) is 1.40. The number of carbonyl (C=O) groups excluding carboxylic acids is 1. The van der Waals surface area contributed by atoms with Crippen molar-refractivity contribution < 1.29 is 9.53 Å². The number of carbonyl (C=O) groups is 1. The Labute approximate surface area is 92.3 Å². The van der Waals surface area contributed by atoms with E-state index < -0.39 is 5.97 Å². The van der Waals surface area contributed by atoms with Crippen molar-refractivity contribution in [3.63, 3.8) is 0 Å². The first-order valence-corrected chi connectivity index (χ1v) is 5.25. The van der Waals surface area contributed by atoms with E-state index in [1.54, 1.807) is 12.1 Å². The summed E-state index contributed by atoms with van der Waals surface area (Å²) < 4.78 is 13.6. The highest BCUT2D eigenvalue weighted by Crippen LogP contribution is 2.25. The fourth-order valence-corrected chi connectivity index (χ4v) is 2.21. The van der Waals surface area contributed by atoms with Crippen LogP contribution in [0.15, 0.2) is 16.6 Å². The van der Waals surface area contributed by atoms with Crippen LogP contribution in [-0.2, 0) is 4.74 Å². The van der Waals surface area contributed by atoms with Crippen LogP contribution < -0.4 is 0 Å². The maximum atomic E-state index is 11.3. The molecule has 0 amide bonds. The number of methoxy groups -OCH3 is 1. The Bertz CT molecular complexity index is 497. The molecule has 0 aliphatic carbocycles. The molecule has 0 saturated carbocycles. The molecule has 2 aromatic rings. The Morgan fingerprint density at radius 1 is 1.43 bits per heavy atom. The molecule has 0 spiro atoms. The molecule has 0 radical (unpaired) electrons. The SMILES string of the molecule is COC(=O)c1ccc(Br)c2nsnc12. The van der Waals surface area contributed by atoms with Gasteiger partial charge in [0.25, 0.3) is 0 Å². The molecule has 0 fully saturated rings. The predicted octanol–water partition coefficient (Wildman–Crippen LogP) is 2.24. The quantitative estimate of drug-likeness (QED) is 0.748. The average molecular weight is 273 g/mol. The first kappa shape index (κ1) is 9.54. The van der Waals surface area contributed by atoms with Crippen molar-refractivity contribution in [3.8, 4) is 0 Å². The molecule has 72 valence electrons. The zero-order chi connectivity index (χ0) is 10.1. The van der Waals surface area contributed by atoms with E-state index in [0.717, 1.165) is 16.2 Å². The van der Waals surface area contributed by atoms with E-state index in [1.807, 2.05) is 0 Å². The molecule has 6 heteroatoms. The minimum Gasteiger partial charge on any atom is -0.465 e. The number of rotatable bonds is 1. The van der Waals surface area contributed by atoms with Crippen molar-refractivity contribution in [2.24, 2.45) is 0 Å². The van der Waals surface area contributed by atoms with Gasteiger partial charge in [-0.15, -0.1) is 0 Å². The molecular weight excluding hydrogens is 268 g/mol. The number of hydrogen-bond donors (Lipinski definition) is 0. The van der Waals surface area contributed by atoms with Gasteiger partial charge in [0.2, 0.25) is 0 Å². The summed E-state index contributed by atoms with van der Waals surface area (Å²) in [4.78, 5) is 11.3. The number of fused-ring (bicyclic) bond motifs is 1. The fourth-order valence-electron chi connectivity index (χ4n) is 1.11. The number of esters is 1. The van der Waals surface area contributed by atoms with Gasteiger partial charge in [0.05, 0.1) is 24.4 Å². The van der Waals surface area contributed by atoms with E-state index in [4.69, 9.17) is 0 Å². The second kappa shape index (κ2) is 3.62. The smallest absolute Gasteiger partial charge is 0.340 e. The summed E-state index contributed by atoms with van der Waals surface area (Å²) in [6.07, 6.45) is 0. The Morgan fingerprint density at radius 2 is 2.14 bits per heavy atom. The van der Waals surface area contributed by atoms with Gasteiger partial charge in [-0.3, -0.25) is 0 Å². The van der Waals surface area contributed by atoms with Gasteiger partial charge < -0.3 is 4.74 Å². The molecule has 1 heterocycles. The molecule has 0 bridgehead atoms. The van der Waals surface area contributed by atoms with Gasteiger partial charge in [0.1, 0.15) is 11.0 Å². The Morgan fingerprint density at radius 3 is 2.86 bits per heavy atom. The van der Waals surface area contributed by atoms with Gasteiger partial charge in [-0.2, -0.15) is 8.75 Å². The van der Waals surface area contributed by atoms with E-state index in [9.17, 15) is 4.79 Å². The van der Waals surface area contributed by atoms with Crippen molar-refractivity contribution in [1.82, 2.24) is 8.75 Å². The average Bonchev–Trinajstić information content (AvgIpc) is 2.67. The molecule has 0 aliphatic heterocycles. The minimum atomic E-state index is -0.393. The van der Waals surface area contributed by atoms with Gasteiger partial charge in [-0.25, -0.2) is 4.79 Å². The Balaban J connectivity index is 2.72. The van der Waals surface area contributed by atoms with Crippen LogP contribution in [0.3, 0.4) is 0 Å². The summed E-state index contributed by atoms with van der Waals surface area (Å²) in [5.74, 6) is -0.393. The number of halogens is 1. The molecule has 2 rings (SSSR count). The summed E-state index contributed by atoms with van der Waals surface area (Å²) in [6, 6.07) is 3.43. The molecule has 0 atom stereocenters. The Kier molecular flexibility index (Phi) is 2.47. The minimum absolute atomic E-state index is 0.393. The third-order valence-corrected chi connectivity index (χ3v) is 2.94. The second-order valence-corrected chi connectivity index (χ2v) is 3.93. The summed E-state index contributed by atoms with van der Waals surface area (Å²) in [5, 5.41) is 0. The van der Waals surface area contributed by atoms with Crippen LogP contribution in [0.5, 0.6) is 0 Å². The van der Waals surface area contributed by atoms with Crippen molar-refractivity contribution >= 4 is 44.7 Å². The molecule has 1 aromatic carbocycles. The van der Waals surface area contributed by atoms with Crippen LogP contribution in [0, 0.1) is 0 Å².